The molecule has 1 atom stereocenters. The standard InChI is InChI=1S/C14H30N2OS/c1-11(2)8-16(9-12(3)4)14(17)10-18-13(5)6-7-15/h11-13H,6-10,15H2,1-5H3. The largest absolute Gasteiger partial charge is 0.341 e. The lowest BCUT2D eigenvalue weighted by atomic mass is 10.1. The number of nitrogens with zero attached hydrogens (tertiary/aromatic N) is 1. The van der Waals surface area contributed by atoms with Crippen LogP contribution in [-0.4, -0.2) is 41.4 Å². The van der Waals surface area contributed by atoms with Gasteiger partial charge in [0.15, 0.2) is 0 Å². The summed E-state index contributed by atoms with van der Waals surface area (Å²) in [5, 5.41) is 0.471. The fourth-order valence-corrected chi connectivity index (χ4v) is 2.70. The molecule has 4 heteroatoms. The third-order valence-corrected chi connectivity index (χ3v) is 3.81. The molecule has 0 aromatic rings. The van der Waals surface area contributed by atoms with Crippen molar-refractivity contribution in [2.45, 2.75) is 46.3 Å². The molecule has 0 saturated carbocycles. The number of carbonyl (C=O) groups excluding carboxylic acids is 1. The van der Waals surface area contributed by atoms with Gasteiger partial charge in [0.05, 0.1) is 5.75 Å². The molecule has 0 radical (unpaired) electrons. The molecule has 0 aliphatic rings. The summed E-state index contributed by atoms with van der Waals surface area (Å²) in [6.45, 7) is 13.2. The van der Waals surface area contributed by atoms with Crippen LogP contribution < -0.4 is 5.73 Å². The zero-order valence-corrected chi connectivity index (χ0v) is 13.4. The Balaban J connectivity index is 4.19. The van der Waals surface area contributed by atoms with Crippen LogP contribution in [-0.2, 0) is 4.79 Å². The number of nitrogens with two attached hydrogens (primary N) is 1. The minimum atomic E-state index is 0.270. The summed E-state index contributed by atoms with van der Waals surface area (Å²) >= 11 is 1.72. The maximum Gasteiger partial charge on any atom is 0.232 e. The van der Waals surface area contributed by atoms with Crippen molar-refractivity contribution >= 4 is 17.7 Å². The summed E-state index contributed by atoms with van der Waals surface area (Å²) < 4.78 is 0. The van der Waals surface area contributed by atoms with Crippen LogP contribution in [0.1, 0.15) is 41.0 Å². The van der Waals surface area contributed by atoms with E-state index in [2.05, 4.69) is 34.6 Å². The van der Waals surface area contributed by atoms with Crippen LogP contribution in [0.2, 0.25) is 0 Å². The first kappa shape index (κ1) is 17.8. The van der Waals surface area contributed by atoms with E-state index in [9.17, 15) is 4.79 Å². The molecule has 1 amide bonds. The van der Waals surface area contributed by atoms with Crippen molar-refractivity contribution in [3.63, 3.8) is 0 Å². The Hall–Kier alpha value is -0.220. The number of amides is 1. The van der Waals surface area contributed by atoms with Crippen molar-refractivity contribution < 1.29 is 4.79 Å². The molecule has 0 aromatic heterocycles. The van der Waals surface area contributed by atoms with Crippen LogP contribution in [0.3, 0.4) is 0 Å². The Morgan fingerprint density at radius 1 is 1.11 bits per heavy atom. The van der Waals surface area contributed by atoms with Crippen molar-refractivity contribution in [1.82, 2.24) is 4.90 Å². The first-order valence-corrected chi connectivity index (χ1v) is 8.01. The lowest BCUT2D eigenvalue weighted by Crippen LogP contribution is -2.38. The fraction of sp³-hybridized carbons (Fsp3) is 0.929. The summed E-state index contributed by atoms with van der Waals surface area (Å²) in [5.74, 6) is 1.91. The van der Waals surface area contributed by atoms with Gasteiger partial charge in [-0.2, -0.15) is 0 Å². The molecular formula is C14H30N2OS. The van der Waals surface area contributed by atoms with E-state index in [4.69, 9.17) is 5.73 Å². The second-order valence-electron chi connectivity index (χ2n) is 5.79. The van der Waals surface area contributed by atoms with Crippen molar-refractivity contribution in [2.24, 2.45) is 17.6 Å². The summed E-state index contributed by atoms with van der Waals surface area (Å²) in [4.78, 5) is 14.2. The van der Waals surface area contributed by atoms with Crippen LogP contribution in [0.15, 0.2) is 0 Å². The SMILES string of the molecule is CC(C)CN(CC(C)C)C(=O)CSC(C)CCN. The number of carbonyl (C=O) groups is 1. The molecule has 2 N–H and O–H groups in total. The van der Waals surface area contributed by atoms with Gasteiger partial charge >= 0.3 is 0 Å². The van der Waals surface area contributed by atoms with E-state index in [0.29, 0.717) is 29.4 Å². The zero-order valence-electron chi connectivity index (χ0n) is 12.6. The predicted molar refractivity (Wildman–Crippen MR) is 81.8 cm³/mol. The molecule has 0 saturated heterocycles. The van der Waals surface area contributed by atoms with Gasteiger partial charge in [0.2, 0.25) is 5.91 Å². The highest BCUT2D eigenvalue weighted by Crippen LogP contribution is 2.15. The lowest BCUT2D eigenvalue weighted by Gasteiger charge is -2.26. The lowest BCUT2D eigenvalue weighted by molar-refractivity contribution is -0.129. The summed E-state index contributed by atoms with van der Waals surface area (Å²) in [5.41, 5.74) is 5.52. The molecule has 0 bridgehead atoms. The summed E-state index contributed by atoms with van der Waals surface area (Å²) in [6.07, 6.45) is 0.978. The molecule has 1 unspecified atom stereocenters. The summed E-state index contributed by atoms with van der Waals surface area (Å²) in [7, 11) is 0. The average molecular weight is 274 g/mol. The van der Waals surface area contributed by atoms with Gasteiger partial charge in [0, 0.05) is 18.3 Å². The van der Waals surface area contributed by atoms with Crippen LogP contribution in [0, 0.1) is 11.8 Å². The van der Waals surface area contributed by atoms with Crippen molar-refractivity contribution in [2.75, 3.05) is 25.4 Å². The molecule has 0 fully saturated rings. The molecular weight excluding hydrogens is 244 g/mol. The van der Waals surface area contributed by atoms with Gasteiger partial charge < -0.3 is 10.6 Å². The topological polar surface area (TPSA) is 46.3 Å². The predicted octanol–water partition coefficient (Wildman–Crippen LogP) is 2.60. The quantitative estimate of drug-likeness (QED) is 0.703. The van der Waals surface area contributed by atoms with E-state index < -0.39 is 0 Å². The van der Waals surface area contributed by atoms with Gasteiger partial charge in [-0.1, -0.05) is 34.6 Å². The van der Waals surface area contributed by atoms with Crippen LogP contribution >= 0.6 is 11.8 Å². The van der Waals surface area contributed by atoms with Gasteiger partial charge in [-0.05, 0) is 24.8 Å². The Bertz CT molecular complexity index is 222. The molecule has 0 spiro atoms. The minimum absolute atomic E-state index is 0.270. The highest BCUT2D eigenvalue weighted by molar-refractivity contribution is 8.00. The molecule has 0 aliphatic carbocycles. The normalized spacial score (nSPS) is 13.1. The number of thioether (sulfide) groups is 1. The van der Waals surface area contributed by atoms with Gasteiger partial charge in [-0.3, -0.25) is 4.79 Å². The minimum Gasteiger partial charge on any atom is -0.341 e. The number of hydrogen-bond donors (Lipinski definition) is 1. The molecule has 0 heterocycles. The molecule has 108 valence electrons. The fourth-order valence-electron chi connectivity index (χ4n) is 1.78. The van der Waals surface area contributed by atoms with Gasteiger partial charge in [0.1, 0.15) is 0 Å². The molecule has 0 aromatic carbocycles. The number of rotatable bonds is 9. The highest BCUT2D eigenvalue weighted by atomic mass is 32.2. The molecule has 0 rings (SSSR count). The van der Waals surface area contributed by atoms with E-state index in [1.54, 1.807) is 11.8 Å². The average Bonchev–Trinajstić information content (AvgIpc) is 2.24. The van der Waals surface area contributed by atoms with Gasteiger partial charge in [-0.25, -0.2) is 0 Å². The Labute approximate surface area is 117 Å². The van der Waals surface area contributed by atoms with Crippen molar-refractivity contribution in [1.29, 1.82) is 0 Å². The van der Waals surface area contributed by atoms with Gasteiger partial charge in [0.25, 0.3) is 0 Å². The van der Waals surface area contributed by atoms with Crippen molar-refractivity contribution in [3.05, 3.63) is 0 Å². The van der Waals surface area contributed by atoms with Crippen LogP contribution in [0.4, 0.5) is 0 Å². The first-order valence-electron chi connectivity index (χ1n) is 6.96. The Morgan fingerprint density at radius 2 is 1.61 bits per heavy atom. The third-order valence-electron chi connectivity index (χ3n) is 2.59. The maximum atomic E-state index is 12.2. The third kappa shape index (κ3) is 8.81. The zero-order chi connectivity index (χ0) is 14.1. The van der Waals surface area contributed by atoms with Crippen molar-refractivity contribution in [3.8, 4) is 0 Å². The monoisotopic (exact) mass is 274 g/mol. The Morgan fingerprint density at radius 3 is 2.00 bits per heavy atom. The summed E-state index contributed by atoms with van der Waals surface area (Å²) in [6, 6.07) is 0. The van der Waals surface area contributed by atoms with E-state index >= 15 is 0 Å². The molecule has 3 nitrogen and oxygen atoms in total. The van der Waals surface area contributed by atoms with E-state index in [-0.39, 0.29) is 5.91 Å². The van der Waals surface area contributed by atoms with Crippen LogP contribution in [0.25, 0.3) is 0 Å². The van der Waals surface area contributed by atoms with E-state index in [1.165, 1.54) is 0 Å². The second kappa shape index (κ2) is 9.68. The van der Waals surface area contributed by atoms with Crippen LogP contribution in [0.5, 0.6) is 0 Å². The van der Waals surface area contributed by atoms with E-state index in [0.717, 1.165) is 19.5 Å². The van der Waals surface area contributed by atoms with E-state index in [1.807, 2.05) is 4.90 Å². The maximum absolute atomic E-state index is 12.2. The molecule has 0 aliphatic heterocycles. The first-order chi connectivity index (χ1) is 8.36. The highest BCUT2D eigenvalue weighted by Gasteiger charge is 2.17. The Kier molecular flexibility index (Phi) is 9.56. The molecule has 18 heavy (non-hydrogen) atoms. The second-order valence-corrected chi connectivity index (χ2v) is 7.21. The van der Waals surface area contributed by atoms with Gasteiger partial charge in [-0.15, -0.1) is 11.8 Å². The number of hydrogen-bond acceptors (Lipinski definition) is 3. The smallest absolute Gasteiger partial charge is 0.232 e.